The van der Waals surface area contributed by atoms with Crippen molar-refractivity contribution < 1.29 is 4.39 Å². The number of aromatic nitrogens is 1. The second kappa shape index (κ2) is 5.85. The fourth-order valence-corrected chi connectivity index (χ4v) is 2.73. The molecule has 1 aliphatic rings. The number of halogens is 2. The van der Waals surface area contributed by atoms with E-state index in [2.05, 4.69) is 21.8 Å². The highest BCUT2D eigenvalue weighted by Gasteiger charge is 2.23. The molecular weight excluding hydrogens is 253 g/mol. The maximum Gasteiger partial charge on any atom is 0.141 e. The number of rotatable bonds is 4. The van der Waals surface area contributed by atoms with Gasteiger partial charge in [-0.2, -0.15) is 0 Å². The minimum Gasteiger partial charge on any atom is -0.358 e. The maximum atomic E-state index is 13.1. The monoisotopic (exact) mass is 271 g/mol. The summed E-state index contributed by atoms with van der Waals surface area (Å²) >= 11 is 5.85. The predicted molar refractivity (Wildman–Crippen MR) is 72.7 cm³/mol. The number of hydrogen-bond acceptors (Lipinski definition) is 3. The van der Waals surface area contributed by atoms with Gasteiger partial charge in [0.05, 0.1) is 12.1 Å². The standard InChI is InChI=1S/C13H19ClFN3/c1-17-5-3-4-12(17)9-18(2)13-10(7-14)6-11(15)8-16-13/h6,8,12H,3-5,7,9H2,1-2H3. The third-order valence-corrected chi connectivity index (χ3v) is 3.86. The van der Waals surface area contributed by atoms with Crippen LogP contribution in [0.15, 0.2) is 12.3 Å². The zero-order valence-electron chi connectivity index (χ0n) is 10.9. The molecule has 1 fully saturated rings. The summed E-state index contributed by atoms with van der Waals surface area (Å²) in [5.74, 6) is 0.734. The second-order valence-electron chi connectivity index (χ2n) is 4.93. The van der Waals surface area contributed by atoms with E-state index in [4.69, 9.17) is 11.6 Å². The van der Waals surface area contributed by atoms with E-state index in [-0.39, 0.29) is 11.7 Å². The molecule has 0 aromatic carbocycles. The zero-order valence-corrected chi connectivity index (χ0v) is 11.6. The Labute approximate surface area is 113 Å². The number of likely N-dealkylation sites (tertiary alicyclic amines) is 1. The first-order valence-electron chi connectivity index (χ1n) is 6.23. The van der Waals surface area contributed by atoms with Crippen LogP contribution in [0.3, 0.4) is 0 Å². The topological polar surface area (TPSA) is 19.4 Å². The molecule has 0 radical (unpaired) electrons. The minimum atomic E-state index is -0.333. The summed E-state index contributed by atoms with van der Waals surface area (Å²) in [6.45, 7) is 2.05. The van der Waals surface area contributed by atoms with Crippen molar-refractivity contribution in [1.29, 1.82) is 0 Å². The largest absolute Gasteiger partial charge is 0.358 e. The van der Waals surface area contributed by atoms with E-state index in [1.54, 1.807) is 0 Å². The smallest absolute Gasteiger partial charge is 0.141 e. The van der Waals surface area contributed by atoms with Gasteiger partial charge in [-0.25, -0.2) is 9.37 Å². The van der Waals surface area contributed by atoms with Gasteiger partial charge in [0.25, 0.3) is 0 Å². The van der Waals surface area contributed by atoms with Crippen molar-refractivity contribution in [2.24, 2.45) is 0 Å². The molecule has 0 N–H and O–H groups in total. The van der Waals surface area contributed by atoms with Crippen molar-refractivity contribution in [2.45, 2.75) is 24.8 Å². The number of anilines is 1. The van der Waals surface area contributed by atoms with E-state index < -0.39 is 0 Å². The molecular formula is C13H19ClFN3. The number of nitrogens with zero attached hydrogens (tertiary/aromatic N) is 3. The summed E-state index contributed by atoms with van der Waals surface area (Å²) in [4.78, 5) is 8.60. The van der Waals surface area contributed by atoms with Gasteiger partial charge in [-0.3, -0.25) is 0 Å². The van der Waals surface area contributed by atoms with Gasteiger partial charge in [0.1, 0.15) is 11.6 Å². The van der Waals surface area contributed by atoms with Crippen molar-refractivity contribution in [3.8, 4) is 0 Å². The molecule has 2 heterocycles. The molecule has 0 aliphatic carbocycles. The average molecular weight is 272 g/mol. The number of alkyl halides is 1. The molecule has 0 spiro atoms. The van der Waals surface area contributed by atoms with Gasteiger partial charge < -0.3 is 9.80 Å². The SMILES string of the molecule is CN(CC1CCCN1C)c1ncc(F)cc1CCl. The molecule has 0 bridgehead atoms. The molecule has 3 nitrogen and oxygen atoms in total. The molecule has 18 heavy (non-hydrogen) atoms. The first-order chi connectivity index (χ1) is 8.61. The van der Waals surface area contributed by atoms with Crippen molar-refractivity contribution in [1.82, 2.24) is 9.88 Å². The molecule has 1 aromatic heterocycles. The van der Waals surface area contributed by atoms with Gasteiger partial charge in [-0.15, -0.1) is 11.6 Å². The van der Waals surface area contributed by atoms with E-state index in [0.717, 1.165) is 24.5 Å². The first-order valence-corrected chi connectivity index (χ1v) is 6.77. The van der Waals surface area contributed by atoms with Gasteiger partial charge >= 0.3 is 0 Å². The van der Waals surface area contributed by atoms with Crippen LogP contribution in [-0.2, 0) is 5.88 Å². The molecule has 1 saturated heterocycles. The first kappa shape index (κ1) is 13.6. The normalized spacial score (nSPS) is 20.3. The minimum absolute atomic E-state index is 0.283. The van der Waals surface area contributed by atoms with E-state index in [0.29, 0.717) is 6.04 Å². The zero-order chi connectivity index (χ0) is 13.1. The Bertz CT molecular complexity index is 413. The summed E-state index contributed by atoms with van der Waals surface area (Å²) in [6.07, 6.45) is 3.70. The lowest BCUT2D eigenvalue weighted by atomic mass is 10.2. The van der Waals surface area contributed by atoms with Crippen LogP contribution in [0, 0.1) is 5.82 Å². The number of hydrogen-bond donors (Lipinski definition) is 0. The van der Waals surface area contributed by atoms with Gasteiger partial charge in [0.15, 0.2) is 0 Å². The quantitative estimate of drug-likeness (QED) is 0.785. The Kier molecular flexibility index (Phi) is 4.40. The molecule has 1 aliphatic heterocycles. The van der Waals surface area contributed by atoms with Gasteiger partial charge in [-0.1, -0.05) is 0 Å². The van der Waals surface area contributed by atoms with Crippen LogP contribution < -0.4 is 4.90 Å². The highest BCUT2D eigenvalue weighted by Crippen LogP contribution is 2.22. The van der Waals surface area contributed by atoms with Crippen molar-refractivity contribution in [3.05, 3.63) is 23.6 Å². The Morgan fingerprint density at radius 2 is 2.39 bits per heavy atom. The molecule has 1 unspecified atom stereocenters. The lowest BCUT2D eigenvalue weighted by Crippen LogP contribution is -2.37. The summed E-state index contributed by atoms with van der Waals surface area (Å²) in [5, 5.41) is 0. The van der Waals surface area contributed by atoms with Crippen LogP contribution in [0.1, 0.15) is 18.4 Å². The Morgan fingerprint density at radius 3 is 3.00 bits per heavy atom. The molecule has 1 aromatic rings. The highest BCUT2D eigenvalue weighted by molar-refractivity contribution is 6.17. The van der Waals surface area contributed by atoms with Crippen molar-refractivity contribution >= 4 is 17.4 Å². The summed E-state index contributed by atoms with van der Waals surface area (Å²) in [7, 11) is 4.13. The summed E-state index contributed by atoms with van der Waals surface area (Å²) in [5.41, 5.74) is 0.750. The molecule has 0 amide bonds. The van der Waals surface area contributed by atoms with Crippen LogP contribution >= 0.6 is 11.6 Å². The van der Waals surface area contributed by atoms with Crippen LogP contribution in [0.4, 0.5) is 10.2 Å². The van der Waals surface area contributed by atoms with E-state index in [1.807, 2.05) is 7.05 Å². The van der Waals surface area contributed by atoms with Gasteiger partial charge in [-0.05, 0) is 32.5 Å². The number of pyridine rings is 1. The molecule has 5 heteroatoms. The summed E-state index contributed by atoms with van der Waals surface area (Å²) in [6, 6.07) is 2.01. The van der Waals surface area contributed by atoms with E-state index in [9.17, 15) is 4.39 Å². The van der Waals surface area contributed by atoms with Gasteiger partial charge in [0, 0.05) is 25.2 Å². The van der Waals surface area contributed by atoms with Crippen LogP contribution in [0.2, 0.25) is 0 Å². The predicted octanol–water partition coefficient (Wildman–Crippen LogP) is 2.49. The third kappa shape index (κ3) is 2.93. The Balaban J connectivity index is 2.10. The highest BCUT2D eigenvalue weighted by atomic mass is 35.5. The average Bonchev–Trinajstić information content (AvgIpc) is 2.74. The van der Waals surface area contributed by atoms with E-state index >= 15 is 0 Å². The van der Waals surface area contributed by atoms with Crippen LogP contribution in [-0.4, -0.2) is 43.1 Å². The molecule has 100 valence electrons. The summed E-state index contributed by atoms with van der Waals surface area (Å²) < 4.78 is 13.1. The van der Waals surface area contributed by atoms with Crippen molar-refractivity contribution in [2.75, 3.05) is 32.1 Å². The number of likely N-dealkylation sites (N-methyl/N-ethyl adjacent to an activating group) is 2. The Morgan fingerprint density at radius 1 is 1.61 bits per heavy atom. The Hall–Kier alpha value is -0.870. The lowest BCUT2D eigenvalue weighted by molar-refractivity contribution is 0.314. The van der Waals surface area contributed by atoms with Gasteiger partial charge in [0.2, 0.25) is 0 Å². The van der Waals surface area contributed by atoms with E-state index in [1.165, 1.54) is 25.1 Å². The molecule has 0 saturated carbocycles. The third-order valence-electron chi connectivity index (χ3n) is 3.57. The second-order valence-corrected chi connectivity index (χ2v) is 5.19. The van der Waals surface area contributed by atoms with Crippen LogP contribution in [0.25, 0.3) is 0 Å². The van der Waals surface area contributed by atoms with Crippen molar-refractivity contribution in [3.63, 3.8) is 0 Å². The lowest BCUT2D eigenvalue weighted by Gasteiger charge is -2.27. The molecule has 1 atom stereocenters. The molecule has 2 rings (SSSR count). The van der Waals surface area contributed by atoms with Crippen LogP contribution in [0.5, 0.6) is 0 Å². The fourth-order valence-electron chi connectivity index (χ4n) is 2.53. The maximum absolute atomic E-state index is 13.1. The fraction of sp³-hybridized carbons (Fsp3) is 0.615.